The summed E-state index contributed by atoms with van der Waals surface area (Å²) in [5.74, 6) is -0.0263. The van der Waals surface area contributed by atoms with Gasteiger partial charge in [-0.25, -0.2) is 0 Å². The first-order valence-electron chi connectivity index (χ1n) is 6.24. The van der Waals surface area contributed by atoms with Gasteiger partial charge in [0, 0.05) is 12.6 Å². The number of hydrogen-bond donors (Lipinski definition) is 0. The van der Waals surface area contributed by atoms with Gasteiger partial charge in [0.1, 0.15) is 6.07 Å². The van der Waals surface area contributed by atoms with E-state index in [4.69, 9.17) is 14.5 Å². The SMILES string of the molecule is CCC(=O)OC(C#N)CCC[PH](=O)OCC(C)C. The maximum Gasteiger partial charge on any atom is 0.306 e. The van der Waals surface area contributed by atoms with Crippen molar-refractivity contribution in [2.45, 2.75) is 46.1 Å². The molecule has 0 aromatic heterocycles. The summed E-state index contributed by atoms with van der Waals surface area (Å²) in [5, 5.41) is 8.78. The molecule has 0 spiro atoms. The van der Waals surface area contributed by atoms with Gasteiger partial charge in [0.05, 0.1) is 6.61 Å². The van der Waals surface area contributed by atoms with E-state index in [0.29, 0.717) is 31.5 Å². The number of rotatable bonds is 9. The van der Waals surface area contributed by atoms with E-state index in [1.54, 1.807) is 6.92 Å². The molecule has 0 rings (SSSR count). The van der Waals surface area contributed by atoms with Gasteiger partial charge in [-0.1, -0.05) is 20.8 Å². The molecule has 0 bridgehead atoms. The first kappa shape index (κ1) is 17.2. The molecular formula is C12H22NO4P. The van der Waals surface area contributed by atoms with Crippen molar-refractivity contribution < 1.29 is 18.6 Å². The van der Waals surface area contributed by atoms with Gasteiger partial charge in [-0.2, -0.15) is 5.26 Å². The van der Waals surface area contributed by atoms with Crippen LogP contribution in [0.2, 0.25) is 0 Å². The smallest absolute Gasteiger partial charge is 0.306 e. The number of carbonyl (C=O) groups excluding carboxylic acids is 1. The van der Waals surface area contributed by atoms with Gasteiger partial charge < -0.3 is 9.26 Å². The molecule has 0 saturated heterocycles. The van der Waals surface area contributed by atoms with Gasteiger partial charge in [-0.15, -0.1) is 0 Å². The Morgan fingerprint density at radius 2 is 2.11 bits per heavy atom. The first-order valence-corrected chi connectivity index (χ1v) is 7.76. The van der Waals surface area contributed by atoms with Crippen molar-refractivity contribution in [3.8, 4) is 6.07 Å². The quantitative estimate of drug-likeness (QED) is 0.477. The van der Waals surface area contributed by atoms with Crippen molar-refractivity contribution >= 4 is 14.0 Å². The molecule has 0 radical (unpaired) electrons. The standard InChI is InChI=1S/C12H22NO4P/c1-4-12(14)17-11(8-13)6-5-7-18(15)16-9-10(2)3/h10-11,18H,4-7,9H2,1-3H3. The molecule has 2 unspecified atom stereocenters. The van der Waals surface area contributed by atoms with Crippen molar-refractivity contribution in [2.75, 3.05) is 12.8 Å². The minimum Gasteiger partial charge on any atom is -0.447 e. The molecule has 5 nitrogen and oxygen atoms in total. The van der Waals surface area contributed by atoms with Crippen LogP contribution in [0.1, 0.15) is 40.0 Å². The zero-order valence-corrected chi connectivity index (χ0v) is 12.3. The van der Waals surface area contributed by atoms with E-state index in [0.717, 1.165) is 0 Å². The van der Waals surface area contributed by atoms with Gasteiger partial charge in [-0.3, -0.25) is 9.36 Å². The molecular weight excluding hydrogens is 253 g/mol. The average Bonchev–Trinajstić information content (AvgIpc) is 2.34. The lowest BCUT2D eigenvalue weighted by molar-refractivity contribution is -0.146. The maximum absolute atomic E-state index is 11.5. The number of esters is 1. The number of nitriles is 1. The number of hydrogen-bond acceptors (Lipinski definition) is 5. The normalized spacial score (nSPS) is 13.9. The molecule has 0 aliphatic heterocycles. The number of carbonyl (C=O) groups is 1. The largest absolute Gasteiger partial charge is 0.447 e. The summed E-state index contributed by atoms with van der Waals surface area (Å²) in [6, 6.07) is 1.92. The van der Waals surface area contributed by atoms with E-state index in [2.05, 4.69) is 0 Å². The predicted molar refractivity (Wildman–Crippen MR) is 69.7 cm³/mol. The second-order valence-corrected chi connectivity index (χ2v) is 5.96. The highest BCUT2D eigenvalue weighted by Crippen LogP contribution is 2.25. The molecule has 0 aliphatic carbocycles. The Bertz CT molecular complexity index is 312. The van der Waals surface area contributed by atoms with E-state index in [1.807, 2.05) is 19.9 Å². The van der Waals surface area contributed by atoms with Crippen LogP contribution in [-0.4, -0.2) is 24.8 Å². The second-order valence-electron chi connectivity index (χ2n) is 4.43. The van der Waals surface area contributed by atoms with Crippen LogP contribution in [0.15, 0.2) is 0 Å². The predicted octanol–water partition coefficient (Wildman–Crippen LogP) is 2.76. The Kier molecular flexibility index (Phi) is 9.63. The molecule has 2 atom stereocenters. The summed E-state index contributed by atoms with van der Waals surface area (Å²) in [4.78, 5) is 11.0. The summed E-state index contributed by atoms with van der Waals surface area (Å²) in [5.41, 5.74) is 0. The molecule has 0 amide bonds. The Labute approximate surface area is 109 Å². The fraction of sp³-hybridized carbons (Fsp3) is 0.833. The van der Waals surface area contributed by atoms with Gasteiger partial charge in [0.2, 0.25) is 0 Å². The third-order valence-corrected chi connectivity index (χ3v) is 3.38. The van der Waals surface area contributed by atoms with Crippen molar-refractivity contribution in [3.63, 3.8) is 0 Å². The van der Waals surface area contributed by atoms with Gasteiger partial charge >= 0.3 is 5.97 Å². The molecule has 0 aromatic rings. The number of ether oxygens (including phenoxy) is 1. The van der Waals surface area contributed by atoms with Crippen LogP contribution in [0.5, 0.6) is 0 Å². The lowest BCUT2D eigenvalue weighted by Crippen LogP contribution is -2.15. The zero-order valence-electron chi connectivity index (χ0n) is 11.3. The van der Waals surface area contributed by atoms with E-state index in [1.165, 1.54) is 0 Å². The highest BCUT2D eigenvalue weighted by atomic mass is 31.1. The van der Waals surface area contributed by atoms with Crippen LogP contribution < -0.4 is 0 Å². The van der Waals surface area contributed by atoms with E-state index in [-0.39, 0.29) is 12.4 Å². The second kappa shape index (κ2) is 10.1. The minimum absolute atomic E-state index is 0.256. The monoisotopic (exact) mass is 275 g/mol. The minimum atomic E-state index is -2.02. The van der Waals surface area contributed by atoms with Crippen molar-refractivity contribution in [1.82, 2.24) is 0 Å². The highest BCUT2D eigenvalue weighted by molar-refractivity contribution is 7.39. The van der Waals surface area contributed by atoms with Gasteiger partial charge in [-0.05, 0) is 18.8 Å². The molecule has 6 heteroatoms. The van der Waals surface area contributed by atoms with Gasteiger partial charge in [0.25, 0.3) is 0 Å². The Morgan fingerprint density at radius 3 is 2.61 bits per heavy atom. The Morgan fingerprint density at radius 1 is 1.44 bits per heavy atom. The first-order chi connectivity index (χ1) is 8.49. The fourth-order valence-electron chi connectivity index (χ4n) is 1.16. The van der Waals surface area contributed by atoms with Crippen molar-refractivity contribution in [3.05, 3.63) is 0 Å². The lowest BCUT2D eigenvalue weighted by atomic mass is 10.2. The Balaban J connectivity index is 3.77. The van der Waals surface area contributed by atoms with E-state index >= 15 is 0 Å². The molecule has 0 aromatic carbocycles. The number of nitrogens with zero attached hydrogens (tertiary/aromatic N) is 1. The maximum atomic E-state index is 11.5. The van der Waals surface area contributed by atoms with Crippen LogP contribution in [0.4, 0.5) is 0 Å². The molecule has 104 valence electrons. The van der Waals surface area contributed by atoms with E-state index < -0.39 is 14.1 Å². The Hall–Kier alpha value is -0.850. The van der Waals surface area contributed by atoms with Crippen LogP contribution in [0, 0.1) is 17.2 Å². The lowest BCUT2D eigenvalue weighted by Gasteiger charge is -2.10. The molecule has 0 heterocycles. The fourth-order valence-corrected chi connectivity index (χ4v) is 2.31. The molecule has 18 heavy (non-hydrogen) atoms. The molecule has 0 fully saturated rings. The highest BCUT2D eigenvalue weighted by Gasteiger charge is 2.12. The van der Waals surface area contributed by atoms with Crippen LogP contribution >= 0.6 is 8.03 Å². The molecule has 0 aliphatic rings. The summed E-state index contributed by atoms with van der Waals surface area (Å²) in [6.07, 6.45) is 0.915. The summed E-state index contributed by atoms with van der Waals surface area (Å²) in [6.45, 7) is 6.15. The van der Waals surface area contributed by atoms with Crippen molar-refractivity contribution in [1.29, 1.82) is 5.26 Å². The molecule has 0 N–H and O–H groups in total. The third-order valence-electron chi connectivity index (χ3n) is 2.13. The summed E-state index contributed by atoms with van der Waals surface area (Å²) >= 11 is 0. The summed E-state index contributed by atoms with van der Waals surface area (Å²) < 4.78 is 21.5. The van der Waals surface area contributed by atoms with Crippen LogP contribution in [-0.2, 0) is 18.6 Å². The van der Waals surface area contributed by atoms with Crippen LogP contribution in [0.25, 0.3) is 0 Å². The third kappa shape index (κ3) is 9.21. The zero-order chi connectivity index (χ0) is 14.0. The topological polar surface area (TPSA) is 76.4 Å². The van der Waals surface area contributed by atoms with Gasteiger partial charge in [0.15, 0.2) is 14.1 Å². The molecule has 0 saturated carbocycles. The van der Waals surface area contributed by atoms with Crippen molar-refractivity contribution in [2.24, 2.45) is 5.92 Å². The van der Waals surface area contributed by atoms with Crippen LogP contribution in [0.3, 0.4) is 0 Å². The summed E-state index contributed by atoms with van der Waals surface area (Å²) in [7, 11) is -2.02. The average molecular weight is 275 g/mol. The van der Waals surface area contributed by atoms with E-state index in [9.17, 15) is 9.36 Å².